The van der Waals surface area contributed by atoms with Crippen molar-refractivity contribution in [2.45, 2.75) is 12.0 Å². The highest BCUT2D eigenvalue weighted by Crippen LogP contribution is 2.22. The number of carbonyl (C=O) groups is 1. The van der Waals surface area contributed by atoms with Crippen molar-refractivity contribution in [2.24, 2.45) is 5.73 Å². The second kappa shape index (κ2) is 6.27. The molecule has 0 heterocycles. The summed E-state index contributed by atoms with van der Waals surface area (Å²) >= 11 is 0. The van der Waals surface area contributed by atoms with Crippen molar-refractivity contribution in [1.29, 1.82) is 0 Å². The number of benzene rings is 1. The SMILES string of the molecule is C=C[C@](N)(Cc1ccccc1OC)C(=O)O.Cl. The van der Waals surface area contributed by atoms with Crippen molar-refractivity contribution in [2.75, 3.05) is 7.11 Å². The lowest BCUT2D eigenvalue weighted by atomic mass is 9.91. The standard InChI is InChI=1S/C12H15NO3.ClH/c1-3-12(13,11(14)15)8-9-6-4-5-7-10(9)16-2;/h3-7H,1,8,13H2,2H3,(H,14,15);1H/t12-;/m0./s1. The second-order valence-electron chi connectivity index (χ2n) is 3.54. The Bertz CT molecular complexity index is 408. The zero-order valence-corrected chi connectivity index (χ0v) is 10.4. The molecule has 0 aliphatic heterocycles. The van der Waals surface area contributed by atoms with E-state index in [0.717, 1.165) is 5.56 Å². The maximum atomic E-state index is 11.0. The van der Waals surface area contributed by atoms with Crippen LogP contribution in [0.3, 0.4) is 0 Å². The van der Waals surface area contributed by atoms with Crippen molar-refractivity contribution in [3.8, 4) is 5.75 Å². The number of ether oxygens (including phenoxy) is 1. The van der Waals surface area contributed by atoms with Crippen LogP contribution in [0.2, 0.25) is 0 Å². The third kappa shape index (κ3) is 3.47. The van der Waals surface area contributed by atoms with Gasteiger partial charge in [-0.25, -0.2) is 4.79 Å². The van der Waals surface area contributed by atoms with E-state index in [1.165, 1.54) is 13.2 Å². The van der Waals surface area contributed by atoms with Crippen LogP contribution in [-0.4, -0.2) is 23.7 Å². The van der Waals surface area contributed by atoms with E-state index in [-0.39, 0.29) is 18.8 Å². The van der Waals surface area contributed by atoms with Gasteiger partial charge in [-0.3, -0.25) is 0 Å². The summed E-state index contributed by atoms with van der Waals surface area (Å²) < 4.78 is 5.13. The van der Waals surface area contributed by atoms with Crippen LogP contribution in [-0.2, 0) is 11.2 Å². The molecule has 4 nitrogen and oxygen atoms in total. The van der Waals surface area contributed by atoms with Crippen LogP contribution in [0.4, 0.5) is 0 Å². The largest absolute Gasteiger partial charge is 0.496 e. The van der Waals surface area contributed by atoms with E-state index in [1.807, 2.05) is 12.1 Å². The van der Waals surface area contributed by atoms with Gasteiger partial charge in [0.25, 0.3) is 0 Å². The van der Waals surface area contributed by atoms with Gasteiger partial charge in [-0.05, 0) is 11.6 Å². The zero-order chi connectivity index (χ0) is 12.2. The summed E-state index contributed by atoms with van der Waals surface area (Å²) in [4.78, 5) is 11.0. The molecule has 0 aliphatic carbocycles. The molecule has 0 saturated carbocycles. The lowest BCUT2D eigenvalue weighted by molar-refractivity contribution is -0.141. The Labute approximate surface area is 106 Å². The maximum Gasteiger partial charge on any atom is 0.328 e. The number of para-hydroxylation sites is 1. The van der Waals surface area contributed by atoms with E-state index in [0.29, 0.717) is 5.75 Å². The topological polar surface area (TPSA) is 72.5 Å². The fourth-order valence-corrected chi connectivity index (χ4v) is 1.40. The normalized spacial score (nSPS) is 13.1. The first-order valence-corrected chi connectivity index (χ1v) is 4.81. The molecule has 17 heavy (non-hydrogen) atoms. The molecule has 0 aromatic heterocycles. The monoisotopic (exact) mass is 257 g/mol. The van der Waals surface area contributed by atoms with Gasteiger partial charge in [0.1, 0.15) is 11.3 Å². The Balaban J connectivity index is 0.00000256. The molecule has 0 aliphatic rings. The third-order valence-electron chi connectivity index (χ3n) is 2.44. The molecular formula is C12H16ClNO3. The van der Waals surface area contributed by atoms with Crippen LogP contribution >= 0.6 is 12.4 Å². The molecule has 0 spiro atoms. The minimum Gasteiger partial charge on any atom is -0.496 e. The predicted molar refractivity (Wildman–Crippen MR) is 68.7 cm³/mol. The Morgan fingerprint density at radius 3 is 2.65 bits per heavy atom. The van der Waals surface area contributed by atoms with Gasteiger partial charge in [-0.2, -0.15) is 0 Å². The molecule has 0 amide bonds. The lowest BCUT2D eigenvalue weighted by Gasteiger charge is -2.21. The van der Waals surface area contributed by atoms with Gasteiger partial charge in [0.15, 0.2) is 0 Å². The zero-order valence-electron chi connectivity index (χ0n) is 9.55. The van der Waals surface area contributed by atoms with E-state index < -0.39 is 11.5 Å². The summed E-state index contributed by atoms with van der Waals surface area (Å²) in [6, 6.07) is 7.17. The van der Waals surface area contributed by atoms with Gasteiger partial charge < -0.3 is 15.6 Å². The van der Waals surface area contributed by atoms with Gasteiger partial charge in [0.2, 0.25) is 0 Å². The number of aliphatic carboxylic acids is 1. The first kappa shape index (κ1) is 15.5. The minimum atomic E-state index is -1.46. The molecule has 0 fully saturated rings. The molecule has 0 radical (unpaired) electrons. The molecule has 1 atom stereocenters. The van der Waals surface area contributed by atoms with Gasteiger partial charge in [-0.15, -0.1) is 19.0 Å². The Kier molecular flexibility index (Phi) is 5.71. The van der Waals surface area contributed by atoms with Crippen LogP contribution in [0.15, 0.2) is 36.9 Å². The molecule has 0 saturated heterocycles. The summed E-state index contributed by atoms with van der Waals surface area (Å²) in [5.74, 6) is -0.478. The van der Waals surface area contributed by atoms with Gasteiger partial charge in [0.05, 0.1) is 7.11 Å². The first-order valence-electron chi connectivity index (χ1n) is 4.81. The van der Waals surface area contributed by atoms with Crippen LogP contribution in [0.25, 0.3) is 0 Å². The number of nitrogens with two attached hydrogens (primary N) is 1. The second-order valence-corrected chi connectivity index (χ2v) is 3.54. The van der Waals surface area contributed by atoms with E-state index in [9.17, 15) is 4.79 Å². The number of rotatable bonds is 5. The highest BCUT2D eigenvalue weighted by molar-refractivity contribution is 5.85. The first-order chi connectivity index (χ1) is 7.53. The molecule has 94 valence electrons. The van der Waals surface area contributed by atoms with Crippen LogP contribution < -0.4 is 10.5 Å². The highest BCUT2D eigenvalue weighted by atomic mass is 35.5. The van der Waals surface area contributed by atoms with Crippen molar-refractivity contribution in [1.82, 2.24) is 0 Å². The van der Waals surface area contributed by atoms with Crippen LogP contribution in [0.5, 0.6) is 5.75 Å². The fourth-order valence-electron chi connectivity index (χ4n) is 1.40. The quantitative estimate of drug-likeness (QED) is 0.787. The number of hydrogen-bond acceptors (Lipinski definition) is 3. The molecule has 1 aromatic carbocycles. The number of methoxy groups -OCH3 is 1. The molecule has 1 rings (SSSR count). The average molecular weight is 258 g/mol. The Morgan fingerprint density at radius 2 is 2.18 bits per heavy atom. The third-order valence-corrected chi connectivity index (χ3v) is 2.44. The van der Waals surface area contributed by atoms with Gasteiger partial charge >= 0.3 is 5.97 Å². The summed E-state index contributed by atoms with van der Waals surface area (Å²) in [5, 5.41) is 9.02. The van der Waals surface area contributed by atoms with Crippen LogP contribution in [0.1, 0.15) is 5.56 Å². The van der Waals surface area contributed by atoms with E-state index in [4.69, 9.17) is 15.6 Å². The highest BCUT2D eigenvalue weighted by Gasteiger charge is 2.31. The fraction of sp³-hybridized carbons (Fsp3) is 0.250. The van der Waals surface area contributed by atoms with Gasteiger partial charge in [-0.1, -0.05) is 24.3 Å². The summed E-state index contributed by atoms with van der Waals surface area (Å²) in [6.45, 7) is 3.46. The molecule has 5 heteroatoms. The number of carboxylic acids is 1. The Morgan fingerprint density at radius 1 is 1.59 bits per heavy atom. The number of halogens is 1. The molecule has 3 N–H and O–H groups in total. The minimum absolute atomic E-state index is 0. The predicted octanol–water partition coefficient (Wildman–Crippen LogP) is 1.63. The average Bonchev–Trinajstić information content (AvgIpc) is 2.29. The summed E-state index contributed by atoms with van der Waals surface area (Å²) in [6.07, 6.45) is 1.39. The van der Waals surface area contributed by atoms with Crippen molar-refractivity contribution in [3.05, 3.63) is 42.5 Å². The van der Waals surface area contributed by atoms with Gasteiger partial charge in [0, 0.05) is 6.42 Å². The molecular weight excluding hydrogens is 242 g/mol. The van der Waals surface area contributed by atoms with E-state index in [2.05, 4.69) is 6.58 Å². The van der Waals surface area contributed by atoms with E-state index >= 15 is 0 Å². The lowest BCUT2D eigenvalue weighted by Crippen LogP contribution is -2.47. The maximum absolute atomic E-state index is 11.0. The van der Waals surface area contributed by atoms with Crippen molar-refractivity contribution < 1.29 is 14.6 Å². The Hall–Kier alpha value is -1.52. The van der Waals surface area contributed by atoms with E-state index in [1.54, 1.807) is 12.1 Å². The summed E-state index contributed by atoms with van der Waals surface area (Å²) in [5.41, 5.74) is 5.00. The molecule has 0 bridgehead atoms. The molecule has 1 aromatic rings. The molecule has 0 unspecified atom stereocenters. The van der Waals surface area contributed by atoms with Crippen molar-refractivity contribution >= 4 is 18.4 Å². The number of carboxylic acid groups (broad SMARTS) is 1. The number of hydrogen-bond donors (Lipinski definition) is 2. The van der Waals surface area contributed by atoms with Crippen molar-refractivity contribution in [3.63, 3.8) is 0 Å². The van der Waals surface area contributed by atoms with Crippen LogP contribution in [0, 0.1) is 0 Å². The summed E-state index contributed by atoms with van der Waals surface area (Å²) in [7, 11) is 1.53. The smallest absolute Gasteiger partial charge is 0.328 e.